The number of ether oxygens (including phenoxy) is 2. The Balaban J connectivity index is 2.49. The van der Waals surface area contributed by atoms with E-state index in [4.69, 9.17) is 9.47 Å². The molecule has 1 heterocycles. The molecule has 3 heteroatoms. The smallest absolute Gasteiger partial charge is 0.231 e. The van der Waals surface area contributed by atoms with Crippen LogP contribution in [-0.4, -0.2) is 11.9 Å². The molecular formula is C10H10O3. The van der Waals surface area contributed by atoms with Crippen LogP contribution in [0.25, 0.3) is 6.08 Å². The SMILES string of the molecule is C/C=C/c1cc2c(cc1O)OCO2. The van der Waals surface area contributed by atoms with Crippen molar-refractivity contribution in [2.75, 3.05) is 6.79 Å². The minimum atomic E-state index is 0.211. The first-order valence-corrected chi connectivity index (χ1v) is 4.06. The number of allylic oxidation sites excluding steroid dienone is 1. The van der Waals surface area contributed by atoms with Crippen LogP contribution < -0.4 is 9.47 Å². The van der Waals surface area contributed by atoms with Crippen molar-refractivity contribution in [3.63, 3.8) is 0 Å². The molecule has 0 saturated carbocycles. The summed E-state index contributed by atoms with van der Waals surface area (Å²) in [5, 5.41) is 9.52. The zero-order valence-electron chi connectivity index (χ0n) is 7.28. The summed E-state index contributed by atoms with van der Waals surface area (Å²) >= 11 is 0. The second kappa shape index (κ2) is 3.01. The largest absolute Gasteiger partial charge is 0.507 e. The van der Waals surface area contributed by atoms with Gasteiger partial charge >= 0.3 is 0 Å². The molecule has 0 unspecified atom stereocenters. The Kier molecular flexibility index (Phi) is 1.85. The fraction of sp³-hybridized carbons (Fsp3) is 0.200. The predicted molar refractivity (Wildman–Crippen MR) is 48.9 cm³/mol. The third-order valence-electron chi connectivity index (χ3n) is 1.87. The summed E-state index contributed by atoms with van der Waals surface area (Å²) in [6.45, 7) is 2.12. The quantitative estimate of drug-likeness (QED) is 0.716. The average molecular weight is 178 g/mol. The van der Waals surface area contributed by atoms with E-state index in [1.807, 2.05) is 19.1 Å². The first-order valence-electron chi connectivity index (χ1n) is 4.06. The highest BCUT2D eigenvalue weighted by molar-refractivity contribution is 5.63. The van der Waals surface area contributed by atoms with Gasteiger partial charge in [-0.1, -0.05) is 12.2 Å². The molecule has 1 N–H and O–H groups in total. The molecule has 1 aromatic rings. The van der Waals surface area contributed by atoms with Gasteiger partial charge in [0.1, 0.15) is 5.75 Å². The third-order valence-corrected chi connectivity index (χ3v) is 1.87. The number of hydrogen-bond donors (Lipinski definition) is 1. The molecule has 0 atom stereocenters. The van der Waals surface area contributed by atoms with Crippen LogP contribution >= 0.6 is 0 Å². The molecule has 13 heavy (non-hydrogen) atoms. The van der Waals surface area contributed by atoms with E-state index in [0.717, 1.165) is 5.56 Å². The molecular weight excluding hydrogens is 168 g/mol. The van der Waals surface area contributed by atoms with Crippen molar-refractivity contribution in [1.29, 1.82) is 0 Å². The Morgan fingerprint density at radius 2 is 2.00 bits per heavy atom. The molecule has 0 bridgehead atoms. The zero-order valence-corrected chi connectivity index (χ0v) is 7.28. The van der Waals surface area contributed by atoms with E-state index in [1.54, 1.807) is 12.1 Å². The molecule has 0 radical (unpaired) electrons. The highest BCUT2D eigenvalue weighted by Crippen LogP contribution is 2.37. The second-order valence-corrected chi connectivity index (χ2v) is 2.76. The summed E-state index contributed by atoms with van der Waals surface area (Å²) in [6, 6.07) is 3.33. The molecule has 0 amide bonds. The van der Waals surface area contributed by atoms with Crippen molar-refractivity contribution in [2.24, 2.45) is 0 Å². The van der Waals surface area contributed by atoms with E-state index in [2.05, 4.69) is 0 Å². The lowest BCUT2D eigenvalue weighted by molar-refractivity contribution is 0.174. The van der Waals surface area contributed by atoms with Crippen LogP contribution in [-0.2, 0) is 0 Å². The Morgan fingerprint density at radius 1 is 1.31 bits per heavy atom. The van der Waals surface area contributed by atoms with Gasteiger partial charge in [-0.3, -0.25) is 0 Å². The summed E-state index contributed by atoms with van der Waals surface area (Å²) in [5.74, 6) is 1.50. The van der Waals surface area contributed by atoms with Crippen molar-refractivity contribution in [2.45, 2.75) is 6.92 Å². The van der Waals surface area contributed by atoms with Crippen LogP contribution in [0.15, 0.2) is 18.2 Å². The minimum absolute atomic E-state index is 0.211. The summed E-state index contributed by atoms with van der Waals surface area (Å²) in [6.07, 6.45) is 3.68. The van der Waals surface area contributed by atoms with Gasteiger partial charge in [0.05, 0.1) is 0 Å². The number of phenols is 1. The maximum atomic E-state index is 9.52. The van der Waals surface area contributed by atoms with E-state index in [1.165, 1.54) is 0 Å². The summed E-state index contributed by atoms with van der Waals surface area (Å²) < 4.78 is 10.3. The Bertz CT molecular complexity index is 355. The third kappa shape index (κ3) is 1.33. The Hall–Kier alpha value is -1.64. The molecule has 2 rings (SSSR count). The van der Waals surface area contributed by atoms with Crippen LogP contribution in [0.1, 0.15) is 12.5 Å². The maximum absolute atomic E-state index is 9.52. The molecule has 68 valence electrons. The minimum Gasteiger partial charge on any atom is -0.507 e. The zero-order chi connectivity index (χ0) is 9.26. The molecule has 1 aliphatic rings. The van der Waals surface area contributed by atoms with Gasteiger partial charge < -0.3 is 14.6 Å². The van der Waals surface area contributed by atoms with Crippen molar-refractivity contribution >= 4 is 6.08 Å². The van der Waals surface area contributed by atoms with E-state index in [-0.39, 0.29) is 12.5 Å². The monoisotopic (exact) mass is 178 g/mol. The highest BCUT2D eigenvalue weighted by atomic mass is 16.7. The van der Waals surface area contributed by atoms with Crippen LogP contribution in [0.2, 0.25) is 0 Å². The van der Waals surface area contributed by atoms with Crippen molar-refractivity contribution in [1.82, 2.24) is 0 Å². The van der Waals surface area contributed by atoms with E-state index >= 15 is 0 Å². The molecule has 1 aromatic carbocycles. The number of benzene rings is 1. The van der Waals surface area contributed by atoms with Gasteiger partial charge in [0.2, 0.25) is 6.79 Å². The summed E-state index contributed by atoms with van der Waals surface area (Å²) in [4.78, 5) is 0. The van der Waals surface area contributed by atoms with Crippen LogP contribution in [0.3, 0.4) is 0 Å². The molecule has 3 nitrogen and oxygen atoms in total. The first kappa shape index (κ1) is 7.98. The van der Waals surface area contributed by atoms with Crippen LogP contribution in [0.4, 0.5) is 0 Å². The fourth-order valence-corrected chi connectivity index (χ4v) is 1.26. The lowest BCUT2D eigenvalue weighted by Crippen LogP contribution is -1.92. The number of phenolic OH excluding ortho intramolecular Hbond substituents is 1. The number of hydrogen-bond acceptors (Lipinski definition) is 3. The number of aromatic hydroxyl groups is 1. The van der Waals surface area contributed by atoms with Crippen LogP contribution in [0.5, 0.6) is 17.2 Å². The van der Waals surface area contributed by atoms with Gasteiger partial charge in [-0.2, -0.15) is 0 Å². The van der Waals surface area contributed by atoms with Gasteiger partial charge in [-0.15, -0.1) is 0 Å². The lowest BCUT2D eigenvalue weighted by atomic mass is 10.1. The predicted octanol–water partition coefficient (Wildman–Crippen LogP) is 2.15. The molecule has 0 aliphatic carbocycles. The topological polar surface area (TPSA) is 38.7 Å². The van der Waals surface area contributed by atoms with Crippen molar-refractivity contribution < 1.29 is 14.6 Å². The number of fused-ring (bicyclic) bond motifs is 1. The first-order chi connectivity index (χ1) is 6.31. The fourth-order valence-electron chi connectivity index (χ4n) is 1.26. The molecule has 0 fully saturated rings. The standard InChI is InChI=1S/C10H10O3/c1-2-3-7-4-9-10(5-8(7)11)13-6-12-9/h2-5,11H,6H2,1H3/b3-2+. The van der Waals surface area contributed by atoms with E-state index in [9.17, 15) is 5.11 Å². The van der Waals surface area contributed by atoms with E-state index in [0.29, 0.717) is 11.5 Å². The molecule has 0 aromatic heterocycles. The van der Waals surface area contributed by atoms with Gasteiger partial charge in [0, 0.05) is 11.6 Å². The average Bonchev–Trinajstić information content (AvgIpc) is 2.52. The van der Waals surface area contributed by atoms with Gasteiger partial charge in [-0.05, 0) is 13.0 Å². The van der Waals surface area contributed by atoms with Gasteiger partial charge in [0.15, 0.2) is 11.5 Å². The van der Waals surface area contributed by atoms with Gasteiger partial charge in [0.25, 0.3) is 0 Å². The molecule has 0 saturated heterocycles. The second-order valence-electron chi connectivity index (χ2n) is 2.76. The highest BCUT2D eigenvalue weighted by Gasteiger charge is 2.15. The van der Waals surface area contributed by atoms with E-state index < -0.39 is 0 Å². The van der Waals surface area contributed by atoms with Crippen molar-refractivity contribution in [3.05, 3.63) is 23.8 Å². The Morgan fingerprint density at radius 3 is 2.69 bits per heavy atom. The normalized spacial score (nSPS) is 13.9. The van der Waals surface area contributed by atoms with Crippen LogP contribution in [0, 0.1) is 0 Å². The number of rotatable bonds is 1. The maximum Gasteiger partial charge on any atom is 0.231 e. The summed E-state index contributed by atoms with van der Waals surface area (Å²) in [5.41, 5.74) is 0.742. The van der Waals surface area contributed by atoms with Crippen molar-refractivity contribution in [3.8, 4) is 17.2 Å². The molecule has 0 spiro atoms. The lowest BCUT2D eigenvalue weighted by Gasteiger charge is -2.01. The summed E-state index contributed by atoms with van der Waals surface area (Å²) in [7, 11) is 0. The van der Waals surface area contributed by atoms with Gasteiger partial charge in [-0.25, -0.2) is 0 Å². The molecule has 1 aliphatic heterocycles. The Labute approximate surface area is 76.2 Å².